The minimum atomic E-state index is -1.63. The summed E-state index contributed by atoms with van der Waals surface area (Å²) < 4.78 is 3.84. The van der Waals surface area contributed by atoms with Crippen molar-refractivity contribution in [3.05, 3.63) is 0 Å². The third-order valence-electron chi connectivity index (χ3n) is 0.389. The second kappa shape index (κ2) is 2.98. The number of carbonyl (C=O) groups excluding carboxylic acids is 1. The van der Waals surface area contributed by atoms with Gasteiger partial charge in [-0.05, 0) is 0 Å². The third-order valence-corrected chi connectivity index (χ3v) is 0.389. The molecule has 3 N–H and O–H groups in total. The number of ether oxygens (including phenoxy) is 1. The summed E-state index contributed by atoms with van der Waals surface area (Å²) >= 11 is 0. The van der Waals surface area contributed by atoms with Crippen LogP contribution in [-0.2, 0) is 14.3 Å². The molecule has 0 aliphatic rings. The first-order chi connectivity index (χ1) is 3.68. The van der Waals surface area contributed by atoms with Gasteiger partial charge < -0.3 is 9.84 Å². The molecule has 0 bridgehead atoms. The second-order valence-corrected chi connectivity index (χ2v) is 0.904. The summed E-state index contributed by atoms with van der Waals surface area (Å²) in [5.74, 6) is -2.96. The van der Waals surface area contributed by atoms with E-state index in [1.54, 1.807) is 0 Å². The van der Waals surface area contributed by atoms with E-state index in [1.165, 1.54) is 0 Å². The van der Waals surface area contributed by atoms with Gasteiger partial charge in [-0.2, -0.15) is 0 Å². The van der Waals surface area contributed by atoms with E-state index in [4.69, 9.17) is 5.11 Å². The average Bonchev–Trinajstić information content (AvgIpc) is 1.67. The van der Waals surface area contributed by atoms with E-state index in [2.05, 4.69) is 10.5 Å². The van der Waals surface area contributed by atoms with Crippen LogP contribution in [0, 0.1) is 0 Å². The minimum Gasteiger partial charge on any atom is -0.473 e. The Balaban J connectivity index is 3.49. The van der Waals surface area contributed by atoms with Crippen molar-refractivity contribution in [2.24, 2.45) is 5.73 Å². The maximum Gasteiger partial charge on any atom is 0.418 e. The summed E-state index contributed by atoms with van der Waals surface area (Å²) in [5, 5.41) is 7.78. The van der Waals surface area contributed by atoms with Gasteiger partial charge in [0.25, 0.3) is 0 Å². The van der Waals surface area contributed by atoms with E-state index >= 15 is 0 Å². The molecule has 5 nitrogen and oxygen atoms in total. The van der Waals surface area contributed by atoms with Crippen molar-refractivity contribution < 1.29 is 19.4 Å². The SMILES string of the molecule is NCOC(=O)C(=O)O. The lowest BCUT2D eigenvalue weighted by atomic mass is 10.7. The molecule has 0 rings (SSSR count). The van der Waals surface area contributed by atoms with Gasteiger partial charge in [0.15, 0.2) is 0 Å². The highest BCUT2D eigenvalue weighted by atomic mass is 16.6. The smallest absolute Gasteiger partial charge is 0.418 e. The van der Waals surface area contributed by atoms with Crippen molar-refractivity contribution in [3.8, 4) is 0 Å². The maximum atomic E-state index is 9.84. The van der Waals surface area contributed by atoms with Gasteiger partial charge in [-0.1, -0.05) is 0 Å². The number of carboxylic acids is 1. The lowest BCUT2D eigenvalue weighted by Gasteiger charge is -1.91. The van der Waals surface area contributed by atoms with Gasteiger partial charge in [-0.15, -0.1) is 0 Å². The zero-order valence-electron chi connectivity index (χ0n) is 3.96. The molecular weight excluding hydrogens is 114 g/mol. The zero-order chi connectivity index (χ0) is 6.57. The summed E-state index contributed by atoms with van der Waals surface area (Å²) in [4.78, 5) is 19.4. The van der Waals surface area contributed by atoms with Crippen molar-refractivity contribution in [3.63, 3.8) is 0 Å². The number of carbonyl (C=O) groups is 2. The fourth-order valence-corrected chi connectivity index (χ4v) is 0.137. The molecule has 0 saturated carbocycles. The lowest BCUT2D eigenvalue weighted by molar-refractivity contribution is -0.163. The van der Waals surface area contributed by atoms with Crippen LogP contribution in [0.25, 0.3) is 0 Å². The van der Waals surface area contributed by atoms with Crippen molar-refractivity contribution >= 4 is 11.9 Å². The monoisotopic (exact) mass is 119 g/mol. The topological polar surface area (TPSA) is 89.6 Å². The maximum absolute atomic E-state index is 9.84. The standard InChI is InChI=1S/C3H5NO4/c4-1-8-3(7)2(5)6/h1,4H2,(H,5,6). The predicted octanol–water partition coefficient (Wildman–Crippen LogP) is -1.47. The molecule has 0 aromatic rings. The van der Waals surface area contributed by atoms with E-state index in [1.807, 2.05) is 0 Å². The van der Waals surface area contributed by atoms with Crippen molar-refractivity contribution in [1.82, 2.24) is 0 Å². The Kier molecular flexibility index (Phi) is 2.57. The van der Waals surface area contributed by atoms with Crippen LogP contribution in [-0.4, -0.2) is 23.8 Å². The van der Waals surface area contributed by atoms with Crippen LogP contribution in [0.15, 0.2) is 0 Å². The molecule has 0 radical (unpaired) electrons. The van der Waals surface area contributed by atoms with Crippen LogP contribution < -0.4 is 5.73 Å². The van der Waals surface area contributed by atoms with Gasteiger partial charge in [0, 0.05) is 0 Å². The average molecular weight is 119 g/mol. The molecule has 46 valence electrons. The second-order valence-electron chi connectivity index (χ2n) is 0.904. The first-order valence-corrected chi connectivity index (χ1v) is 1.78. The van der Waals surface area contributed by atoms with Crippen LogP contribution in [0.4, 0.5) is 0 Å². The van der Waals surface area contributed by atoms with Crippen LogP contribution in [0.1, 0.15) is 0 Å². The Morgan fingerprint density at radius 2 is 2.12 bits per heavy atom. The zero-order valence-corrected chi connectivity index (χ0v) is 3.96. The van der Waals surface area contributed by atoms with Crippen LogP contribution in [0.2, 0.25) is 0 Å². The summed E-state index contributed by atoms with van der Waals surface area (Å²) in [5.41, 5.74) is 4.66. The quantitative estimate of drug-likeness (QED) is 0.250. The van der Waals surface area contributed by atoms with Crippen LogP contribution in [0.5, 0.6) is 0 Å². The largest absolute Gasteiger partial charge is 0.473 e. The highest BCUT2D eigenvalue weighted by molar-refractivity contribution is 6.28. The molecule has 0 aromatic carbocycles. The molecule has 0 atom stereocenters. The van der Waals surface area contributed by atoms with E-state index in [-0.39, 0.29) is 0 Å². The number of rotatable bonds is 1. The first-order valence-electron chi connectivity index (χ1n) is 1.78. The van der Waals surface area contributed by atoms with E-state index in [0.29, 0.717) is 0 Å². The summed E-state index contributed by atoms with van der Waals surface area (Å²) in [6.45, 7) is -0.398. The number of aliphatic carboxylic acids is 1. The van der Waals surface area contributed by atoms with Crippen molar-refractivity contribution in [2.45, 2.75) is 0 Å². The molecule has 0 fully saturated rings. The number of nitrogens with two attached hydrogens (primary N) is 1. The molecule has 0 heterocycles. The minimum absolute atomic E-state index is 0.398. The van der Waals surface area contributed by atoms with Gasteiger partial charge >= 0.3 is 11.9 Å². The normalized spacial score (nSPS) is 8.12. The van der Waals surface area contributed by atoms with Gasteiger partial charge in [-0.25, -0.2) is 9.59 Å². The van der Waals surface area contributed by atoms with Gasteiger partial charge in [0.2, 0.25) is 0 Å². The summed E-state index contributed by atoms with van der Waals surface area (Å²) in [7, 11) is 0. The number of esters is 1. The Hall–Kier alpha value is -1.10. The van der Waals surface area contributed by atoms with Gasteiger partial charge in [0.05, 0.1) is 0 Å². The van der Waals surface area contributed by atoms with Crippen LogP contribution >= 0.6 is 0 Å². The van der Waals surface area contributed by atoms with Crippen molar-refractivity contribution in [2.75, 3.05) is 6.73 Å². The number of hydrogen-bond acceptors (Lipinski definition) is 4. The molecule has 8 heavy (non-hydrogen) atoms. The molecular formula is C3H5NO4. The Morgan fingerprint density at radius 3 is 2.25 bits per heavy atom. The highest BCUT2D eigenvalue weighted by Gasteiger charge is 2.10. The number of carboxylic acid groups (broad SMARTS) is 1. The lowest BCUT2D eigenvalue weighted by Crippen LogP contribution is -2.19. The predicted molar refractivity (Wildman–Crippen MR) is 22.8 cm³/mol. The Bertz CT molecular complexity index is 110. The molecule has 0 aromatic heterocycles. The number of hydrogen-bond donors (Lipinski definition) is 2. The molecule has 0 amide bonds. The summed E-state index contributed by atoms with van der Waals surface area (Å²) in [6.07, 6.45) is 0. The Labute approximate surface area is 45.0 Å². The van der Waals surface area contributed by atoms with E-state index < -0.39 is 18.7 Å². The Morgan fingerprint density at radius 1 is 1.62 bits per heavy atom. The first kappa shape index (κ1) is 6.90. The molecule has 0 saturated heterocycles. The molecule has 0 unspecified atom stereocenters. The van der Waals surface area contributed by atoms with Crippen LogP contribution in [0.3, 0.4) is 0 Å². The van der Waals surface area contributed by atoms with Crippen molar-refractivity contribution in [1.29, 1.82) is 0 Å². The molecule has 0 aliphatic carbocycles. The van der Waals surface area contributed by atoms with E-state index in [0.717, 1.165) is 0 Å². The highest BCUT2D eigenvalue weighted by Crippen LogP contribution is 1.71. The van der Waals surface area contributed by atoms with Gasteiger partial charge in [0.1, 0.15) is 6.73 Å². The van der Waals surface area contributed by atoms with Gasteiger partial charge in [-0.3, -0.25) is 5.73 Å². The molecule has 5 heteroatoms. The molecule has 0 aliphatic heterocycles. The fraction of sp³-hybridized carbons (Fsp3) is 0.333. The summed E-state index contributed by atoms with van der Waals surface area (Å²) in [6, 6.07) is 0. The fourth-order valence-electron chi connectivity index (χ4n) is 0.137. The van der Waals surface area contributed by atoms with E-state index in [9.17, 15) is 9.59 Å². The molecule has 0 spiro atoms. The third kappa shape index (κ3) is 2.14.